The number of amides is 2. The standard InChI is InChI=1S/C34H34BFN2O5/c1-2-8-23-19-25-32(34(41)38(33(25)40)24-9-4-3-5-10-24)26-20-35(42)43-30(31(23)26)15-13-22(28-11-6-7-16-37-28)17-21-12-14-29(39)27(36)18-21/h3-7,9-12,14,16-18,25-26,30,32,39,42H,2,8,13,15,19-20H2,1H3/b22-17-/t25-,26+,30-,32-/m1/s1. The minimum absolute atomic E-state index is 0.173. The molecule has 0 saturated carbocycles. The SMILES string of the molecule is CCCC1=C2[C@@H](CC/C(=C/c3ccc(O)c(F)c3)c3ccccn3)OB(O)C[C@@H]2[C@@H]2C(=O)N(c3ccccc3)C(=O)[C@@H]2C1. The molecule has 1 aromatic heterocycles. The third-order valence-corrected chi connectivity index (χ3v) is 8.86. The Morgan fingerprint density at radius 3 is 2.60 bits per heavy atom. The van der Waals surface area contributed by atoms with E-state index >= 15 is 0 Å². The molecule has 2 saturated heterocycles. The van der Waals surface area contributed by atoms with E-state index < -0.39 is 36.6 Å². The fraction of sp³-hybridized carbons (Fsp3) is 0.324. The molecule has 6 rings (SSSR count). The van der Waals surface area contributed by atoms with Crippen LogP contribution in [0.2, 0.25) is 6.32 Å². The lowest BCUT2D eigenvalue weighted by molar-refractivity contribution is -0.122. The number of aromatic hydroxyl groups is 1. The lowest BCUT2D eigenvalue weighted by atomic mass is 9.58. The second-order valence-corrected chi connectivity index (χ2v) is 11.5. The number of phenolic OH excluding ortho intramolecular Hbond substituents is 1. The number of para-hydroxylation sites is 1. The number of fused-ring (bicyclic) bond motifs is 3. The molecule has 0 bridgehead atoms. The van der Waals surface area contributed by atoms with Gasteiger partial charge in [-0.3, -0.25) is 19.5 Å². The zero-order valence-electron chi connectivity index (χ0n) is 24.0. The number of aromatic nitrogens is 1. The maximum absolute atomic E-state index is 14.2. The summed E-state index contributed by atoms with van der Waals surface area (Å²) in [6.07, 6.45) is 6.53. The highest BCUT2D eigenvalue weighted by Crippen LogP contribution is 2.52. The topological polar surface area (TPSA) is 100.0 Å². The second kappa shape index (κ2) is 12.3. The molecule has 4 atom stereocenters. The summed E-state index contributed by atoms with van der Waals surface area (Å²) < 4.78 is 20.3. The molecule has 2 amide bonds. The Kier molecular flexibility index (Phi) is 8.28. The Hall–Kier alpha value is -4.08. The van der Waals surface area contributed by atoms with Gasteiger partial charge < -0.3 is 14.8 Å². The van der Waals surface area contributed by atoms with Crippen LogP contribution < -0.4 is 4.90 Å². The first-order chi connectivity index (χ1) is 20.9. The molecule has 7 nitrogen and oxygen atoms in total. The largest absolute Gasteiger partial charge is 0.505 e. The molecule has 3 heterocycles. The number of pyridine rings is 1. The molecule has 220 valence electrons. The van der Waals surface area contributed by atoms with Crippen LogP contribution in [0.5, 0.6) is 5.75 Å². The summed E-state index contributed by atoms with van der Waals surface area (Å²) in [5.74, 6) is -2.81. The first kappa shape index (κ1) is 29.0. The fourth-order valence-electron chi connectivity index (χ4n) is 7.06. The smallest absolute Gasteiger partial charge is 0.455 e. The van der Waals surface area contributed by atoms with Crippen LogP contribution in [0, 0.1) is 23.6 Å². The van der Waals surface area contributed by atoms with Crippen molar-refractivity contribution in [1.82, 2.24) is 4.98 Å². The summed E-state index contributed by atoms with van der Waals surface area (Å²) in [5, 5.41) is 20.6. The molecular formula is C34H34BFN2O5. The van der Waals surface area contributed by atoms with Gasteiger partial charge in [0.1, 0.15) is 0 Å². The van der Waals surface area contributed by atoms with Crippen LogP contribution in [0.25, 0.3) is 11.6 Å². The number of nitrogens with zero attached hydrogens (tertiary/aromatic N) is 2. The fourth-order valence-corrected chi connectivity index (χ4v) is 7.06. The van der Waals surface area contributed by atoms with Crippen molar-refractivity contribution in [2.24, 2.45) is 17.8 Å². The molecular weight excluding hydrogens is 546 g/mol. The van der Waals surface area contributed by atoms with Crippen molar-refractivity contribution in [2.75, 3.05) is 4.90 Å². The van der Waals surface area contributed by atoms with E-state index in [0.29, 0.717) is 30.5 Å². The van der Waals surface area contributed by atoms with Crippen LogP contribution in [0.1, 0.15) is 50.3 Å². The average molecular weight is 580 g/mol. The molecule has 0 radical (unpaired) electrons. The number of halogens is 1. The number of imide groups is 1. The van der Waals surface area contributed by atoms with E-state index in [1.54, 1.807) is 24.4 Å². The van der Waals surface area contributed by atoms with E-state index in [2.05, 4.69) is 11.9 Å². The van der Waals surface area contributed by atoms with Gasteiger partial charge in [0, 0.05) is 6.20 Å². The molecule has 3 aromatic rings. The highest BCUT2D eigenvalue weighted by molar-refractivity contribution is 6.43. The molecule has 0 spiro atoms. The van der Waals surface area contributed by atoms with Crippen molar-refractivity contribution in [1.29, 1.82) is 0 Å². The first-order valence-corrected chi connectivity index (χ1v) is 14.9. The zero-order valence-corrected chi connectivity index (χ0v) is 24.0. The van der Waals surface area contributed by atoms with E-state index in [4.69, 9.17) is 4.65 Å². The van der Waals surface area contributed by atoms with Crippen molar-refractivity contribution in [3.63, 3.8) is 0 Å². The van der Waals surface area contributed by atoms with Crippen molar-refractivity contribution >= 4 is 36.3 Å². The predicted molar refractivity (Wildman–Crippen MR) is 163 cm³/mol. The highest BCUT2D eigenvalue weighted by atomic mass is 19.1. The molecule has 2 N–H and O–H groups in total. The number of carbonyl (C=O) groups is 2. The third kappa shape index (κ3) is 5.67. The Balaban J connectivity index is 1.33. The van der Waals surface area contributed by atoms with E-state index in [9.17, 15) is 24.1 Å². The van der Waals surface area contributed by atoms with Gasteiger partial charge in [-0.05, 0) is 97.1 Å². The number of hydrogen-bond acceptors (Lipinski definition) is 6. The van der Waals surface area contributed by atoms with Crippen LogP contribution in [0.4, 0.5) is 10.1 Å². The molecule has 2 fully saturated rings. The molecule has 3 aliphatic rings. The number of hydrogen-bond donors (Lipinski definition) is 2. The summed E-state index contributed by atoms with van der Waals surface area (Å²) in [5.41, 5.74) is 4.92. The number of benzene rings is 2. The minimum atomic E-state index is -1.07. The number of carbonyl (C=O) groups excluding carboxylic acids is 2. The van der Waals surface area contributed by atoms with Crippen LogP contribution >= 0.6 is 0 Å². The minimum Gasteiger partial charge on any atom is -0.505 e. The highest BCUT2D eigenvalue weighted by Gasteiger charge is 2.57. The molecule has 1 aliphatic carbocycles. The number of anilines is 1. The van der Waals surface area contributed by atoms with Gasteiger partial charge >= 0.3 is 7.12 Å². The van der Waals surface area contributed by atoms with Gasteiger partial charge in [-0.2, -0.15) is 0 Å². The van der Waals surface area contributed by atoms with Gasteiger partial charge in [0.05, 0.1) is 29.3 Å². The predicted octanol–water partition coefficient (Wildman–Crippen LogP) is 6.05. The van der Waals surface area contributed by atoms with Crippen molar-refractivity contribution < 1.29 is 28.8 Å². The number of allylic oxidation sites excluding steroid dienone is 2. The average Bonchev–Trinajstić information content (AvgIpc) is 3.26. The van der Waals surface area contributed by atoms with Crippen molar-refractivity contribution in [3.8, 4) is 5.75 Å². The van der Waals surface area contributed by atoms with Crippen molar-refractivity contribution in [3.05, 3.63) is 101 Å². The Morgan fingerprint density at radius 1 is 1.09 bits per heavy atom. The van der Waals surface area contributed by atoms with Gasteiger partial charge in [0.15, 0.2) is 11.6 Å². The van der Waals surface area contributed by atoms with E-state index in [1.165, 1.54) is 17.0 Å². The lowest BCUT2D eigenvalue weighted by Crippen LogP contribution is -2.46. The molecule has 43 heavy (non-hydrogen) atoms. The first-order valence-electron chi connectivity index (χ1n) is 14.9. The summed E-state index contributed by atoms with van der Waals surface area (Å²) >= 11 is 0. The number of phenols is 1. The van der Waals surface area contributed by atoms with Gasteiger partial charge in [0.25, 0.3) is 0 Å². The quantitative estimate of drug-likeness (QED) is 0.191. The van der Waals surface area contributed by atoms with Crippen LogP contribution in [-0.4, -0.2) is 40.2 Å². The van der Waals surface area contributed by atoms with Crippen LogP contribution in [-0.2, 0) is 14.2 Å². The normalized spacial score (nSPS) is 23.9. The van der Waals surface area contributed by atoms with Gasteiger partial charge in [-0.1, -0.05) is 49.2 Å². The lowest BCUT2D eigenvalue weighted by Gasteiger charge is -2.43. The molecule has 9 heteroatoms. The van der Waals surface area contributed by atoms with E-state index in [0.717, 1.165) is 35.3 Å². The monoisotopic (exact) mass is 580 g/mol. The van der Waals surface area contributed by atoms with Crippen LogP contribution in [0.3, 0.4) is 0 Å². The van der Waals surface area contributed by atoms with Gasteiger partial charge in [0.2, 0.25) is 11.8 Å². The van der Waals surface area contributed by atoms with Gasteiger partial charge in [-0.15, -0.1) is 0 Å². The second-order valence-electron chi connectivity index (χ2n) is 11.5. The summed E-state index contributed by atoms with van der Waals surface area (Å²) in [6.45, 7) is 2.10. The Bertz CT molecular complexity index is 1580. The zero-order chi connectivity index (χ0) is 30.1. The van der Waals surface area contributed by atoms with E-state index in [-0.39, 0.29) is 24.1 Å². The Morgan fingerprint density at radius 2 is 1.88 bits per heavy atom. The van der Waals surface area contributed by atoms with E-state index in [1.807, 2.05) is 42.5 Å². The summed E-state index contributed by atoms with van der Waals surface area (Å²) in [6, 6.07) is 18.9. The summed E-state index contributed by atoms with van der Waals surface area (Å²) in [7, 11) is -1.07. The molecule has 2 aliphatic heterocycles. The third-order valence-electron chi connectivity index (χ3n) is 8.86. The van der Waals surface area contributed by atoms with Crippen LogP contribution in [0.15, 0.2) is 84.1 Å². The molecule has 0 unspecified atom stereocenters. The molecule has 2 aromatic carbocycles. The number of rotatable bonds is 8. The maximum Gasteiger partial charge on any atom is 0.455 e. The maximum atomic E-state index is 14.2. The summed E-state index contributed by atoms with van der Waals surface area (Å²) in [4.78, 5) is 33.4. The Labute approximate surface area is 250 Å². The van der Waals surface area contributed by atoms with Crippen molar-refractivity contribution in [2.45, 2.75) is 51.5 Å². The van der Waals surface area contributed by atoms with Gasteiger partial charge in [-0.25, -0.2) is 4.39 Å².